The molecular weight excluding hydrogens is 397 g/mol. The average molecular weight is 430 g/mol. The number of ether oxygens (including phenoxy) is 2. The first-order chi connectivity index (χ1) is 15.1. The number of aliphatic hydroxyl groups is 1. The molecular formula is C24H32FN3O3. The van der Waals surface area contributed by atoms with E-state index < -0.39 is 6.10 Å². The number of aliphatic hydroxyl groups excluding tert-OH is 1. The lowest BCUT2D eigenvalue weighted by Crippen LogP contribution is -2.43. The third kappa shape index (κ3) is 8.09. The van der Waals surface area contributed by atoms with Crippen molar-refractivity contribution < 1.29 is 19.0 Å². The quantitative estimate of drug-likeness (QED) is 0.412. The largest absolute Gasteiger partial charge is 0.389 e. The Bertz CT molecular complexity index is 812. The number of nitrogens with zero attached hydrogens (tertiary/aromatic N) is 3. The Morgan fingerprint density at radius 3 is 2.74 bits per heavy atom. The van der Waals surface area contributed by atoms with E-state index in [9.17, 15) is 9.50 Å². The molecule has 0 aliphatic carbocycles. The van der Waals surface area contributed by atoms with Crippen LogP contribution in [0.2, 0.25) is 0 Å². The minimum Gasteiger partial charge on any atom is -0.389 e. The van der Waals surface area contributed by atoms with Crippen LogP contribution in [0.4, 0.5) is 4.39 Å². The van der Waals surface area contributed by atoms with E-state index in [0.717, 1.165) is 50.7 Å². The summed E-state index contributed by atoms with van der Waals surface area (Å²) in [6.07, 6.45) is 6.64. The summed E-state index contributed by atoms with van der Waals surface area (Å²) in [6, 6.07) is 10.7. The van der Waals surface area contributed by atoms with E-state index in [2.05, 4.69) is 26.4 Å². The summed E-state index contributed by atoms with van der Waals surface area (Å²) in [5.41, 5.74) is 2.18. The molecule has 2 aromatic rings. The molecule has 0 radical (unpaired) electrons. The maximum absolute atomic E-state index is 13.2. The standard InChI is InChI=1S/C24H32FN3O3/c1-2-14-31-20-24(29)19-27(11-10-26-12-15-30-16-13-26)18-23-4-3-9-28(23)17-21-5-7-22(25)8-6-21/h1,3-9,24,29H,10-20H2. The molecule has 6 nitrogen and oxygen atoms in total. The Hall–Kier alpha value is -2.21. The zero-order valence-electron chi connectivity index (χ0n) is 18.0. The molecule has 2 heterocycles. The molecule has 0 bridgehead atoms. The maximum atomic E-state index is 13.2. The molecule has 168 valence electrons. The van der Waals surface area contributed by atoms with Gasteiger partial charge in [-0.3, -0.25) is 9.80 Å². The predicted molar refractivity (Wildman–Crippen MR) is 118 cm³/mol. The van der Waals surface area contributed by atoms with E-state index in [4.69, 9.17) is 15.9 Å². The van der Waals surface area contributed by atoms with Crippen molar-refractivity contribution in [2.75, 3.05) is 59.2 Å². The van der Waals surface area contributed by atoms with E-state index in [-0.39, 0.29) is 19.0 Å². The van der Waals surface area contributed by atoms with Gasteiger partial charge in [-0.25, -0.2) is 4.39 Å². The fourth-order valence-corrected chi connectivity index (χ4v) is 3.71. The van der Waals surface area contributed by atoms with E-state index in [0.29, 0.717) is 19.6 Å². The van der Waals surface area contributed by atoms with Crippen molar-refractivity contribution in [2.45, 2.75) is 19.2 Å². The molecule has 1 N–H and O–H groups in total. The van der Waals surface area contributed by atoms with Crippen LogP contribution in [-0.2, 0) is 22.6 Å². The van der Waals surface area contributed by atoms with E-state index in [1.54, 1.807) is 0 Å². The van der Waals surface area contributed by atoms with Crippen molar-refractivity contribution in [2.24, 2.45) is 0 Å². The topological polar surface area (TPSA) is 50.1 Å². The van der Waals surface area contributed by atoms with E-state index in [1.807, 2.05) is 24.4 Å². The highest BCUT2D eigenvalue weighted by atomic mass is 19.1. The number of terminal acetylenes is 1. The third-order valence-corrected chi connectivity index (χ3v) is 5.38. The second kappa shape index (κ2) is 12.6. The molecule has 1 aromatic carbocycles. The predicted octanol–water partition coefficient (Wildman–Crippen LogP) is 1.82. The van der Waals surface area contributed by atoms with Gasteiger partial charge >= 0.3 is 0 Å². The molecule has 31 heavy (non-hydrogen) atoms. The summed E-state index contributed by atoms with van der Waals surface area (Å²) in [5.74, 6) is 2.19. The van der Waals surface area contributed by atoms with Crippen molar-refractivity contribution >= 4 is 0 Å². The van der Waals surface area contributed by atoms with Crippen LogP contribution in [0.5, 0.6) is 0 Å². The summed E-state index contributed by atoms with van der Waals surface area (Å²) >= 11 is 0. The lowest BCUT2D eigenvalue weighted by atomic mass is 10.2. The van der Waals surface area contributed by atoms with Crippen LogP contribution in [0.25, 0.3) is 0 Å². The van der Waals surface area contributed by atoms with E-state index >= 15 is 0 Å². The molecule has 0 amide bonds. The highest BCUT2D eigenvalue weighted by Gasteiger charge is 2.17. The van der Waals surface area contributed by atoms with Gasteiger partial charge in [0, 0.05) is 57.7 Å². The second-order valence-electron chi connectivity index (χ2n) is 7.82. The highest BCUT2D eigenvalue weighted by Crippen LogP contribution is 2.12. The van der Waals surface area contributed by atoms with Gasteiger partial charge in [-0.05, 0) is 29.8 Å². The summed E-state index contributed by atoms with van der Waals surface area (Å²) in [6.45, 7) is 7.43. The number of halogens is 1. The zero-order chi connectivity index (χ0) is 21.9. The van der Waals surface area contributed by atoms with Gasteiger partial charge in [0.1, 0.15) is 12.4 Å². The molecule has 1 unspecified atom stereocenters. The van der Waals surface area contributed by atoms with Crippen molar-refractivity contribution in [3.63, 3.8) is 0 Å². The average Bonchev–Trinajstić information content (AvgIpc) is 3.21. The van der Waals surface area contributed by atoms with Gasteiger partial charge in [0.2, 0.25) is 0 Å². The van der Waals surface area contributed by atoms with Crippen LogP contribution in [0.1, 0.15) is 11.3 Å². The SMILES string of the molecule is C#CCOCC(O)CN(CCN1CCOCC1)Cc1cccn1Cc1ccc(F)cc1. The fourth-order valence-electron chi connectivity index (χ4n) is 3.71. The Balaban J connectivity index is 1.61. The van der Waals surface area contributed by atoms with E-state index in [1.165, 1.54) is 12.1 Å². The highest BCUT2D eigenvalue weighted by molar-refractivity contribution is 5.18. The monoisotopic (exact) mass is 429 g/mol. The number of rotatable bonds is 12. The minimum absolute atomic E-state index is 0.200. The summed E-state index contributed by atoms with van der Waals surface area (Å²) < 4.78 is 26.1. The summed E-state index contributed by atoms with van der Waals surface area (Å²) in [4.78, 5) is 4.63. The van der Waals surface area contributed by atoms with Crippen molar-refractivity contribution in [1.82, 2.24) is 14.4 Å². The van der Waals surface area contributed by atoms with Crippen LogP contribution in [-0.4, -0.2) is 84.7 Å². The molecule has 0 spiro atoms. The fraction of sp³-hybridized carbons (Fsp3) is 0.500. The summed E-state index contributed by atoms with van der Waals surface area (Å²) in [5, 5.41) is 10.4. The van der Waals surface area contributed by atoms with Gasteiger partial charge in [0.15, 0.2) is 0 Å². The molecule has 3 rings (SSSR count). The first kappa shape index (κ1) is 23.5. The lowest BCUT2D eigenvalue weighted by Gasteiger charge is -2.31. The van der Waals surface area contributed by atoms with Gasteiger partial charge in [0.25, 0.3) is 0 Å². The Morgan fingerprint density at radius 2 is 2.00 bits per heavy atom. The van der Waals surface area contributed by atoms with Crippen molar-refractivity contribution in [3.05, 3.63) is 59.7 Å². The molecule has 0 saturated carbocycles. The number of benzene rings is 1. The Kier molecular flexibility index (Phi) is 9.53. The normalized spacial score (nSPS) is 15.8. The van der Waals surface area contributed by atoms with Crippen LogP contribution in [0.3, 0.4) is 0 Å². The van der Waals surface area contributed by atoms with Gasteiger partial charge in [-0.15, -0.1) is 6.42 Å². The van der Waals surface area contributed by atoms with Gasteiger partial charge in [0.05, 0.1) is 25.9 Å². The van der Waals surface area contributed by atoms with Crippen LogP contribution in [0.15, 0.2) is 42.6 Å². The van der Waals surface area contributed by atoms with Crippen LogP contribution < -0.4 is 0 Å². The van der Waals surface area contributed by atoms with Crippen molar-refractivity contribution in [3.8, 4) is 12.3 Å². The van der Waals surface area contributed by atoms with Gasteiger partial charge < -0.3 is 19.1 Å². The second-order valence-corrected chi connectivity index (χ2v) is 7.82. The zero-order valence-corrected chi connectivity index (χ0v) is 18.0. The van der Waals surface area contributed by atoms with Crippen LogP contribution >= 0.6 is 0 Å². The summed E-state index contributed by atoms with van der Waals surface area (Å²) in [7, 11) is 0. The third-order valence-electron chi connectivity index (χ3n) is 5.38. The molecule has 1 saturated heterocycles. The molecule has 1 aliphatic heterocycles. The molecule has 7 heteroatoms. The maximum Gasteiger partial charge on any atom is 0.123 e. The number of aromatic nitrogens is 1. The Morgan fingerprint density at radius 1 is 1.23 bits per heavy atom. The van der Waals surface area contributed by atoms with Gasteiger partial charge in [-0.1, -0.05) is 18.1 Å². The van der Waals surface area contributed by atoms with Crippen molar-refractivity contribution in [1.29, 1.82) is 0 Å². The lowest BCUT2D eigenvalue weighted by molar-refractivity contribution is 0.0133. The number of morpholine rings is 1. The smallest absolute Gasteiger partial charge is 0.123 e. The molecule has 1 fully saturated rings. The van der Waals surface area contributed by atoms with Gasteiger partial charge in [-0.2, -0.15) is 0 Å². The number of hydrogen-bond acceptors (Lipinski definition) is 5. The van der Waals surface area contributed by atoms with Crippen LogP contribution in [0, 0.1) is 18.2 Å². The first-order valence-electron chi connectivity index (χ1n) is 10.7. The molecule has 1 aromatic heterocycles. The Labute approximate surface area is 184 Å². The first-order valence-corrected chi connectivity index (χ1v) is 10.7. The molecule has 1 atom stereocenters. The number of hydrogen-bond donors (Lipinski definition) is 1. The molecule has 1 aliphatic rings. The minimum atomic E-state index is -0.612.